The Hall–Kier alpha value is 0.207. The van der Waals surface area contributed by atoms with Gasteiger partial charge in [0.25, 0.3) is 0 Å². The van der Waals surface area contributed by atoms with E-state index in [4.69, 9.17) is 16.0 Å². The van der Waals surface area contributed by atoms with Crippen LogP contribution < -0.4 is 0 Å². The first kappa shape index (κ1) is 17.2. The number of rotatable bonds is 8. The lowest BCUT2D eigenvalue weighted by Crippen LogP contribution is -2.40. The van der Waals surface area contributed by atoms with Crippen LogP contribution in [0.1, 0.15) is 52.9 Å². The maximum Gasteiger partial charge on any atom is 0.191 e. The van der Waals surface area contributed by atoms with Gasteiger partial charge in [0, 0.05) is 12.1 Å². The molecule has 1 nitrogen and oxygen atoms in total. The molecule has 0 aliphatic rings. The summed E-state index contributed by atoms with van der Waals surface area (Å²) in [5.41, 5.74) is 1.61. The average Bonchev–Trinajstić information content (AvgIpc) is 2.20. The first-order valence-corrected chi connectivity index (χ1v) is 10.0. The van der Waals surface area contributed by atoms with E-state index in [-0.39, 0.29) is 0 Å². The van der Waals surface area contributed by atoms with Crippen molar-refractivity contribution in [2.45, 2.75) is 71.0 Å². The minimum absolute atomic E-state index is 0.331. The monoisotopic (exact) mass is 276 g/mol. The van der Waals surface area contributed by atoms with Gasteiger partial charge in [0.2, 0.25) is 0 Å². The van der Waals surface area contributed by atoms with E-state index >= 15 is 0 Å². The zero-order valence-corrected chi connectivity index (χ0v) is 13.9. The molecule has 0 atom stereocenters. The van der Waals surface area contributed by atoms with E-state index in [2.05, 4.69) is 33.9 Å². The number of hydrogen-bond acceptors (Lipinski definition) is 1. The van der Waals surface area contributed by atoms with Crippen molar-refractivity contribution in [2.75, 3.05) is 6.61 Å². The first-order chi connectivity index (χ1) is 7.81. The Kier molecular flexibility index (Phi) is 8.43. The van der Waals surface area contributed by atoms with Crippen LogP contribution in [-0.2, 0) is 4.43 Å². The van der Waals surface area contributed by atoms with Crippen molar-refractivity contribution in [3.8, 4) is 0 Å². The molecule has 0 unspecified atom stereocenters. The molecule has 102 valence electrons. The highest BCUT2D eigenvalue weighted by molar-refractivity contribution is 6.74. The highest BCUT2D eigenvalue weighted by atomic mass is 35.5. The third-order valence-corrected chi connectivity index (χ3v) is 8.34. The predicted octanol–water partition coefficient (Wildman–Crippen LogP) is 5.71. The van der Waals surface area contributed by atoms with Crippen LogP contribution in [0.2, 0.25) is 18.1 Å². The standard InChI is InChI=1S/C14H29ClOSi/c1-14(2,3)17(4,5)16-13-11-9-7-6-8-10-12-15/h10,12H,6-9,11,13H2,1-5H3/b12-10-. The summed E-state index contributed by atoms with van der Waals surface area (Å²) in [4.78, 5) is 0. The van der Waals surface area contributed by atoms with Crippen molar-refractivity contribution in [3.63, 3.8) is 0 Å². The average molecular weight is 277 g/mol. The van der Waals surface area contributed by atoms with E-state index in [0.29, 0.717) is 5.04 Å². The van der Waals surface area contributed by atoms with Gasteiger partial charge in [0.05, 0.1) is 0 Å². The molecule has 0 rings (SSSR count). The van der Waals surface area contributed by atoms with Crippen LogP contribution >= 0.6 is 11.6 Å². The molecule has 0 aliphatic carbocycles. The Morgan fingerprint density at radius 1 is 1.06 bits per heavy atom. The molecule has 17 heavy (non-hydrogen) atoms. The third kappa shape index (κ3) is 8.01. The number of unbranched alkanes of at least 4 members (excludes halogenated alkanes) is 4. The van der Waals surface area contributed by atoms with Crippen molar-refractivity contribution < 1.29 is 4.43 Å². The molecule has 0 aromatic carbocycles. The molecule has 3 heteroatoms. The van der Waals surface area contributed by atoms with Gasteiger partial charge in [-0.3, -0.25) is 0 Å². The van der Waals surface area contributed by atoms with E-state index < -0.39 is 8.32 Å². The van der Waals surface area contributed by atoms with Gasteiger partial charge in [-0.25, -0.2) is 0 Å². The van der Waals surface area contributed by atoms with E-state index in [1.54, 1.807) is 5.54 Å². The van der Waals surface area contributed by atoms with Crippen LogP contribution in [0.25, 0.3) is 0 Å². The molecule has 0 saturated carbocycles. The fourth-order valence-electron chi connectivity index (χ4n) is 1.32. The smallest absolute Gasteiger partial charge is 0.191 e. The highest BCUT2D eigenvalue weighted by Gasteiger charge is 2.36. The maximum absolute atomic E-state index is 6.13. The van der Waals surface area contributed by atoms with Crippen LogP contribution in [0.3, 0.4) is 0 Å². The zero-order valence-electron chi connectivity index (χ0n) is 12.2. The Morgan fingerprint density at radius 3 is 2.18 bits per heavy atom. The van der Waals surface area contributed by atoms with Gasteiger partial charge in [-0.15, -0.1) is 0 Å². The number of allylic oxidation sites excluding steroid dienone is 1. The molecule has 0 bridgehead atoms. The van der Waals surface area contributed by atoms with Gasteiger partial charge in [-0.05, 0) is 37.4 Å². The van der Waals surface area contributed by atoms with Crippen molar-refractivity contribution in [1.82, 2.24) is 0 Å². The number of hydrogen-bond donors (Lipinski definition) is 0. The molecular weight excluding hydrogens is 248 g/mol. The molecule has 0 saturated heterocycles. The fourth-order valence-corrected chi connectivity index (χ4v) is 2.54. The van der Waals surface area contributed by atoms with Gasteiger partial charge in [-0.1, -0.05) is 51.3 Å². The first-order valence-electron chi connectivity index (χ1n) is 6.70. The molecule has 0 fully saturated rings. The Morgan fingerprint density at radius 2 is 1.65 bits per heavy atom. The van der Waals surface area contributed by atoms with Crippen molar-refractivity contribution in [3.05, 3.63) is 11.6 Å². The summed E-state index contributed by atoms with van der Waals surface area (Å²) in [7, 11) is -1.51. The minimum Gasteiger partial charge on any atom is -0.417 e. The van der Waals surface area contributed by atoms with Crippen LogP contribution in [0, 0.1) is 0 Å². The van der Waals surface area contributed by atoms with Crippen molar-refractivity contribution in [1.29, 1.82) is 0 Å². The van der Waals surface area contributed by atoms with Crippen LogP contribution in [0.15, 0.2) is 11.6 Å². The van der Waals surface area contributed by atoms with Crippen LogP contribution in [-0.4, -0.2) is 14.9 Å². The Labute approximate surface area is 114 Å². The van der Waals surface area contributed by atoms with Gasteiger partial charge in [0.1, 0.15) is 0 Å². The van der Waals surface area contributed by atoms with Crippen LogP contribution in [0.4, 0.5) is 0 Å². The summed E-state index contributed by atoms with van der Waals surface area (Å²) >= 11 is 5.46. The molecule has 0 amide bonds. The summed E-state index contributed by atoms with van der Waals surface area (Å²) in [5, 5.41) is 0.331. The second-order valence-electron chi connectivity index (χ2n) is 6.17. The normalized spacial score (nSPS) is 13.5. The third-order valence-electron chi connectivity index (χ3n) is 3.62. The Bertz CT molecular complexity index is 219. The lowest BCUT2D eigenvalue weighted by molar-refractivity contribution is 0.277. The largest absolute Gasteiger partial charge is 0.417 e. The van der Waals surface area contributed by atoms with Gasteiger partial charge in [-0.2, -0.15) is 0 Å². The van der Waals surface area contributed by atoms with Crippen molar-refractivity contribution >= 4 is 19.9 Å². The second kappa shape index (κ2) is 8.33. The summed E-state index contributed by atoms with van der Waals surface area (Å²) in [6.45, 7) is 12.4. The summed E-state index contributed by atoms with van der Waals surface area (Å²) < 4.78 is 6.13. The van der Waals surface area contributed by atoms with Crippen LogP contribution in [0.5, 0.6) is 0 Å². The highest BCUT2D eigenvalue weighted by Crippen LogP contribution is 2.36. The fraction of sp³-hybridized carbons (Fsp3) is 0.857. The molecule has 0 aromatic heterocycles. The zero-order chi connectivity index (χ0) is 13.4. The van der Waals surface area contributed by atoms with E-state index in [1.807, 2.05) is 6.08 Å². The molecule has 0 heterocycles. The quantitative estimate of drug-likeness (QED) is 0.407. The topological polar surface area (TPSA) is 9.23 Å². The van der Waals surface area contributed by atoms with E-state index in [9.17, 15) is 0 Å². The summed E-state index contributed by atoms with van der Waals surface area (Å²) in [6, 6.07) is 0. The molecular formula is C14H29ClOSi. The lowest BCUT2D eigenvalue weighted by Gasteiger charge is -2.36. The SMILES string of the molecule is CC(C)(C)[Si](C)(C)OCCCCCC/C=C\Cl. The Balaban J connectivity index is 3.52. The van der Waals surface area contributed by atoms with E-state index in [1.165, 1.54) is 25.7 Å². The van der Waals surface area contributed by atoms with Gasteiger partial charge in [0.15, 0.2) is 8.32 Å². The molecule has 0 spiro atoms. The summed E-state index contributed by atoms with van der Waals surface area (Å²) in [6.07, 6.45) is 8.10. The predicted molar refractivity (Wildman–Crippen MR) is 81.2 cm³/mol. The minimum atomic E-state index is -1.51. The molecule has 0 aliphatic heterocycles. The lowest BCUT2D eigenvalue weighted by atomic mass is 10.1. The molecule has 0 radical (unpaired) electrons. The molecule has 0 N–H and O–H groups in total. The van der Waals surface area contributed by atoms with Crippen molar-refractivity contribution in [2.24, 2.45) is 0 Å². The second-order valence-corrected chi connectivity index (χ2v) is 11.2. The van der Waals surface area contributed by atoms with Gasteiger partial charge < -0.3 is 4.43 Å². The molecule has 0 aromatic rings. The van der Waals surface area contributed by atoms with E-state index in [0.717, 1.165) is 13.0 Å². The summed E-state index contributed by atoms with van der Waals surface area (Å²) in [5.74, 6) is 0. The maximum atomic E-state index is 6.13. The van der Waals surface area contributed by atoms with Gasteiger partial charge >= 0.3 is 0 Å². The number of halogens is 1.